The molecule has 0 amide bonds. The molecule has 154 valence electrons. The molecule has 8 heteroatoms. The molecule has 31 heavy (non-hydrogen) atoms. The summed E-state index contributed by atoms with van der Waals surface area (Å²) in [5, 5.41) is 8.29. The van der Waals surface area contributed by atoms with E-state index in [0.717, 1.165) is 64.5 Å². The number of morpholine rings is 1. The number of anilines is 1. The maximum atomic E-state index is 5.49. The number of nitrogens with one attached hydrogen (secondary N) is 1. The molecule has 2 atom stereocenters. The first kappa shape index (κ1) is 18.8. The molecule has 7 nitrogen and oxygen atoms in total. The van der Waals surface area contributed by atoms with Gasteiger partial charge in [0.15, 0.2) is 0 Å². The SMILES string of the molecule is [AsH2]C1=NC(c2ccc3cn[nH]c3c2)=C[N+]2(c3ccc(N4CCOCC4)cc3)C=CN=C12. The number of ether oxygens (including phenoxy) is 1. The van der Waals surface area contributed by atoms with Crippen LogP contribution in [0, 0.1) is 0 Å². The second-order valence-corrected chi connectivity index (χ2v) is 8.97. The monoisotopic (exact) mass is 473 g/mol. The van der Waals surface area contributed by atoms with Crippen LogP contribution in [-0.4, -0.2) is 63.7 Å². The quantitative estimate of drug-likeness (QED) is 0.470. The standard InChI is InChI=1S/C23H22AsN6O/c24-22-23-25-7-10-30(23,19-5-3-18(4-6-19)29-8-11-31-12-9-29)15-21(27-22)16-1-2-17-14-26-28-20(17)13-16/h1-7,10,13-15H,8-9,11-12,24H2,(H,26,28)/q+1. The van der Waals surface area contributed by atoms with Crippen LogP contribution in [0.5, 0.6) is 0 Å². The molecule has 2 aromatic carbocycles. The Kier molecular flexibility index (Phi) is 4.42. The van der Waals surface area contributed by atoms with Crippen LogP contribution in [0.2, 0.25) is 0 Å². The molecule has 6 rings (SSSR count). The van der Waals surface area contributed by atoms with Crippen molar-refractivity contribution in [2.24, 2.45) is 9.98 Å². The van der Waals surface area contributed by atoms with Crippen LogP contribution in [0.25, 0.3) is 16.6 Å². The van der Waals surface area contributed by atoms with Gasteiger partial charge in [0.05, 0.1) is 0 Å². The Bertz CT molecular complexity index is 1280. The summed E-state index contributed by atoms with van der Waals surface area (Å²) in [6.45, 7) is 3.43. The fraction of sp³-hybridized carbons (Fsp3) is 0.174. The van der Waals surface area contributed by atoms with Crippen molar-refractivity contribution >= 4 is 55.2 Å². The molecule has 0 radical (unpaired) electrons. The Hall–Kier alpha value is -2.99. The zero-order valence-electron chi connectivity index (χ0n) is 16.9. The van der Waals surface area contributed by atoms with Gasteiger partial charge in [-0.25, -0.2) is 0 Å². The van der Waals surface area contributed by atoms with Crippen LogP contribution in [0.1, 0.15) is 5.56 Å². The van der Waals surface area contributed by atoms with Crippen LogP contribution in [0.3, 0.4) is 0 Å². The van der Waals surface area contributed by atoms with E-state index >= 15 is 0 Å². The average Bonchev–Trinajstić information content (AvgIpc) is 3.47. The van der Waals surface area contributed by atoms with Gasteiger partial charge in [0.25, 0.3) is 0 Å². The van der Waals surface area contributed by atoms with E-state index in [4.69, 9.17) is 9.73 Å². The van der Waals surface area contributed by atoms with Gasteiger partial charge in [-0.2, -0.15) is 0 Å². The molecule has 1 saturated heterocycles. The summed E-state index contributed by atoms with van der Waals surface area (Å²) < 4.78 is 6.93. The first-order chi connectivity index (χ1) is 15.2. The fourth-order valence-electron chi connectivity index (χ4n) is 4.39. The number of amidine groups is 1. The van der Waals surface area contributed by atoms with E-state index in [0.29, 0.717) is 4.48 Å². The van der Waals surface area contributed by atoms with E-state index in [1.54, 1.807) is 0 Å². The minimum atomic E-state index is 0.455. The van der Waals surface area contributed by atoms with Crippen molar-refractivity contribution in [1.29, 1.82) is 0 Å². The number of H-pyrrole nitrogens is 1. The van der Waals surface area contributed by atoms with E-state index in [1.807, 2.05) is 12.4 Å². The first-order valence-electron chi connectivity index (χ1n) is 10.3. The number of aromatic amines is 1. The Balaban J connectivity index is 1.42. The normalized spacial score (nSPS) is 22.9. The maximum absolute atomic E-state index is 5.49. The predicted octanol–water partition coefficient (Wildman–Crippen LogP) is 2.63. The second kappa shape index (κ2) is 7.31. The minimum absolute atomic E-state index is 0.455. The van der Waals surface area contributed by atoms with Gasteiger partial charge >= 0.3 is 189 Å². The number of benzene rings is 2. The molecule has 1 N–H and O–H groups in total. The molecule has 3 aliphatic rings. The van der Waals surface area contributed by atoms with Crippen molar-refractivity contribution < 1.29 is 4.74 Å². The Morgan fingerprint density at radius 3 is 2.74 bits per heavy atom. The van der Waals surface area contributed by atoms with Crippen LogP contribution in [0.4, 0.5) is 11.4 Å². The molecule has 1 fully saturated rings. The van der Waals surface area contributed by atoms with Gasteiger partial charge in [0.1, 0.15) is 0 Å². The average molecular weight is 473 g/mol. The Labute approximate surface area is 188 Å². The third-order valence-electron chi connectivity index (χ3n) is 6.04. The molecule has 3 aromatic rings. The fourth-order valence-corrected chi connectivity index (χ4v) is 5.28. The van der Waals surface area contributed by atoms with Gasteiger partial charge in [-0.05, 0) is 0 Å². The van der Waals surface area contributed by atoms with Crippen molar-refractivity contribution in [1.82, 2.24) is 14.7 Å². The molecule has 3 aliphatic heterocycles. The van der Waals surface area contributed by atoms with Gasteiger partial charge < -0.3 is 0 Å². The zero-order chi connectivity index (χ0) is 20.8. The number of quaternary nitrogens is 1. The van der Waals surface area contributed by atoms with Crippen LogP contribution in [-0.2, 0) is 4.74 Å². The summed E-state index contributed by atoms with van der Waals surface area (Å²) in [7, 11) is 0. The molecule has 1 aromatic heterocycles. The number of fused-ring (bicyclic) bond motifs is 2. The van der Waals surface area contributed by atoms with E-state index in [-0.39, 0.29) is 0 Å². The third-order valence-corrected chi connectivity index (χ3v) is 6.85. The molecule has 0 spiro atoms. The van der Waals surface area contributed by atoms with Crippen molar-refractivity contribution in [2.75, 3.05) is 31.2 Å². The molecular weight excluding hydrogens is 451 g/mol. The molecule has 0 bridgehead atoms. The summed E-state index contributed by atoms with van der Waals surface area (Å²) in [5.41, 5.74) is 5.39. The number of rotatable bonds is 3. The number of nitrogens with zero attached hydrogens (tertiary/aromatic N) is 5. The molecular formula is C23H22AsN6O+. The second-order valence-electron chi connectivity index (χ2n) is 7.83. The number of hydrogen-bond acceptors (Lipinski definition) is 5. The zero-order valence-corrected chi connectivity index (χ0v) is 19.3. The van der Waals surface area contributed by atoms with Crippen LogP contribution in [0.15, 0.2) is 77.2 Å². The van der Waals surface area contributed by atoms with Gasteiger partial charge in [0, 0.05) is 0 Å². The van der Waals surface area contributed by atoms with Crippen molar-refractivity contribution in [3.8, 4) is 0 Å². The third kappa shape index (κ3) is 3.08. The van der Waals surface area contributed by atoms with Crippen LogP contribution >= 0.6 is 0 Å². The Morgan fingerprint density at radius 1 is 1.06 bits per heavy atom. The van der Waals surface area contributed by atoms with Crippen LogP contribution < -0.4 is 9.38 Å². The summed E-state index contributed by atoms with van der Waals surface area (Å²) in [6, 6.07) is 15.1. The first-order valence-corrected chi connectivity index (χ1v) is 11.5. The van der Waals surface area contributed by atoms with Crippen molar-refractivity contribution in [3.05, 3.63) is 72.8 Å². The Morgan fingerprint density at radius 2 is 1.90 bits per heavy atom. The molecule has 2 unspecified atom stereocenters. The van der Waals surface area contributed by atoms with E-state index in [2.05, 4.69) is 75.0 Å². The van der Waals surface area contributed by atoms with E-state index < -0.39 is 0 Å². The predicted molar refractivity (Wildman–Crippen MR) is 128 cm³/mol. The number of aromatic nitrogens is 2. The number of aliphatic imine (C=N–C) groups is 2. The number of hydrogen-bond donors (Lipinski definition) is 1. The molecule has 0 saturated carbocycles. The topological polar surface area (TPSA) is 65.9 Å². The van der Waals surface area contributed by atoms with Crippen molar-refractivity contribution in [2.45, 2.75) is 0 Å². The summed E-state index contributed by atoms with van der Waals surface area (Å²) in [5.74, 6) is 0.963. The summed E-state index contributed by atoms with van der Waals surface area (Å²) >= 11 is 1.49. The summed E-state index contributed by atoms with van der Waals surface area (Å²) in [4.78, 5) is 12.0. The van der Waals surface area contributed by atoms with Gasteiger partial charge in [-0.15, -0.1) is 0 Å². The summed E-state index contributed by atoms with van der Waals surface area (Å²) in [6.07, 6.45) is 8.04. The van der Waals surface area contributed by atoms with Gasteiger partial charge in [0.2, 0.25) is 0 Å². The molecule has 4 heterocycles. The van der Waals surface area contributed by atoms with E-state index in [9.17, 15) is 0 Å². The van der Waals surface area contributed by atoms with Gasteiger partial charge in [-0.3, -0.25) is 0 Å². The molecule has 0 aliphatic carbocycles. The van der Waals surface area contributed by atoms with Crippen molar-refractivity contribution in [3.63, 3.8) is 0 Å². The van der Waals surface area contributed by atoms with Gasteiger partial charge in [-0.1, -0.05) is 0 Å². The van der Waals surface area contributed by atoms with E-state index in [1.165, 1.54) is 22.5 Å².